The van der Waals surface area contributed by atoms with E-state index in [0.29, 0.717) is 32.6 Å². The molecule has 4 rings (SSSR count). The number of ketones is 1. The number of pyridine rings is 1. The highest BCUT2D eigenvalue weighted by Crippen LogP contribution is 2.21. The number of halogens is 2. The van der Waals surface area contributed by atoms with Crippen LogP contribution < -0.4 is 5.32 Å². The lowest BCUT2D eigenvalue weighted by Gasteiger charge is -2.26. The van der Waals surface area contributed by atoms with Crippen LogP contribution in [-0.2, 0) is 13.0 Å². The Balaban J connectivity index is 0.00000324. The molecule has 0 aliphatic carbocycles. The standard InChI is InChI=1S/C25H23Cl2N3O2S.CH4/c26-20-6-5-19(22(14-20)25(32)29-24-8-7-21(27)15-28-24)13-23(31)18-3-1-17(2-4-18)16-30-9-11-33-12-10-30;/h1-8,14-15H,9-13,16H2,(H,28,29,32);1H4. The van der Waals surface area contributed by atoms with Gasteiger partial charge < -0.3 is 5.32 Å². The van der Waals surface area contributed by atoms with Crippen molar-refractivity contribution in [2.24, 2.45) is 0 Å². The topological polar surface area (TPSA) is 62.3 Å². The SMILES string of the molecule is C.O=C(Cc1ccc(Cl)cc1C(=O)Nc1ccc(Cl)cn1)c1ccc(CN2CCSCC2)cc1. The van der Waals surface area contributed by atoms with E-state index in [4.69, 9.17) is 23.2 Å². The summed E-state index contributed by atoms with van der Waals surface area (Å²) in [7, 11) is 0. The zero-order valence-corrected chi connectivity index (χ0v) is 20.2. The average Bonchev–Trinajstić information content (AvgIpc) is 2.83. The molecule has 1 aromatic heterocycles. The fourth-order valence-corrected chi connectivity index (χ4v) is 4.90. The van der Waals surface area contributed by atoms with Gasteiger partial charge in [-0.25, -0.2) is 4.98 Å². The Morgan fingerprint density at radius 3 is 2.35 bits per heavy atom. The van der Waals surface area contributed by atoms with E-state index in [2.05, 4.69) is 15.2 Å². The first kappa shape index (κ1) is 26.2. The van der Waals surface area contributed by atoms with Gasteiger partial charge in [0.2, 0.25) is 0 Å². The van der Waals surface area contributed by atoms with Gasteiger partial charge in [0.1, 0.15) is 5.82 Å². The molecule has 1 fully saturated rings. The molecular weight excluding hydrogens is 489 g/mol. The zero-order chi connectivity index (χ0) is 23.2. The maximum atomic E-state index is 13.0. The number of carbonyl (C=O) groups excluding carboxylic acids is 2. The number of anilines is 1. The molecule has 5 nitrogen and oxygen atoms in total. The van der Waals surface area contributed by atoms with Crippen LogP contribution in [0, 0.1) is 0 Å². The van der Waals surface area contributed by atoms with E-state index in [1.165, 1.54) is 23.3 Å². The number of nitrogens with one attached hydrogen (secondary N) is 1. The molecule has 1 saturated heterocycles. The quantitative estimate of drug-likeness (QED) is 0.376. The number of hydrogen-bond acceptors (Lipinski definition) is 5. The van der Waals surface area contributed by atoms with E-state index in [-0.39, 0.29) is 25.5 Å². The molecule has 0 unspecified atom stereocenters. The molecule has 178 valence electrons. The summed E-state index contributed by atoms with van der Waals surface area (Å²) in [6, 6.07) is 16.0. The molecule has 0 saturated carbocycles. The molecule has 8 heteroatoms. The molecule has 1 aliphatic rings. The number of Topliss-reactive ketones (excluding diaryl/α,β-unsaturated/α-hetero) is 1. The highest BCUT2D eigenvalue weighted by Gasteiger charge is 2.17. The van der Waals surface area contributed by atoms with E-state index in [0.717, 1.165) is 19.6 Å². The second-order valence-corrected chi connectivity index (χ2v) is 9.90. The van der Waals surface area contributed by atoms with Crippen LogP contribution >= 0.6 is 35.0 Å². The Labute approximate surface area is 214 Å². The third kappa shape index (κ3) is 7.06. The van der Waals surface area contributed by atoms with Gasteiger partial charge >= 0.3 is 0 Å². The molecule has 0 spiro atoms. The Hall–Kier alpha value is -2.38. The van der Waals surface area contributed by atoms with Gasteiger partial charge in [-0.05, 0) is 35.4 Å². The highest BCUT2D eigenvalue weighted by molar-refractivity contribution is 7.99. The molecule has 1 aliphatic heterocycles. The highest BCUT2D eigenvalue weighted by atomic mass is 35.5. The summed E-state index contributed by atoms with van der Waals surface area (Å²) in [6.07, 6.45) is 1.55. The summed E-state index contributed by atoms with van der Waals surface area (Å²) < 4.78 is 0. The molecule has 34 heavy (non-hydrogen) atoms. The molecule has 0 bridgehead atoms. The number of amides is 1. The van der Waals surface area contributed by atoms with Crippen molar-refractivity contribution < 1.29 is 9.59 Å². The molecule has 2 aromatic carbocycles. The second-order valence-electron chi connectivity index (χ2n) is 7.80. The van der Waals surface area contributed by atoms with Crippen LogP contribution in [0.3, 0.4) is 0 Å². The van der Waals surface area contributed by atoms with Crippen molar-refractivity contribution in [1.29, 1.82) is 0 Å². The van der Waals surface area contributed by atoms with E-state index >= 15 is 0 Å². The minimum Gasteiger partial charge on any atom is -0.307 e. The number of thioether (sulfide) groups is 1. The van der Waals surface area contributed by atoms with Crippen LogP contribution in [0.1, 0.15) is 39.3 Å². The first-order valence-corrected chi connectivity index (χ1v) is 12.5. The van der Waals surface area contributed by atoms with Gasteiger partial charge in [0.15, 0.2) is 5.78 Å². The predicted octanol–water partition coefficient (Wildman–Crippen LogP) is 6.25. The lowest BCUT2D eigenvalue weighted by molar-refractivity contribution is 0.0992. The van der Waals surface area contributed by atoms with E-state index < -0.39 is 0 Å². The van der Waals surface area contributed by atoms with Crippen molar-refractivity contribution in [2.75, 3.05) is 29.9 Å². The van der Waals surface area contributed by atoms with Crippen molar-refractivity contribution in [3.05, 3.63) is 93.1 Å². The Morgan fingerprint density at radius 2 is 1.68 bits per heavy atom. The minimum absolute atomic E-state index is 0. The third-order valence-electron chi connectivity index (χ3n) is 5.42. The molecule has 1 amide bonds. The first-order valence-electron chi connectivity index (χ1n) is 10.6. The summed E-state index contributed by atoms with van der Waals surface area (Å²) in [4.78, 5) is 32.3. The smallest absolute Gasteiger partial charge is 0.257 e. The Bertz CT molecular complexity index is 1130. The van der Waals surface area contributed by atoms with Gasteiger partial charge in [-0.1, -0.05) is 61.0 Å². The molecule has 3 aromatic rings. The van der Waals surface area contributed by atoms with Crippen LogP contribution in [-0.4, -0.2) is 46.2 Å². The van der Waals surface area contributed by atoms with Crippen LogP contribution in [0.4, 0.5) is 5.82 Å². The number of aromatic nitrogens is 1. The molecule has 0 atom stereocenters. The van der Waals surface area contributed by atoms with Gasteiger partial charge in [0.25, 0.3) is 5.91 Å². The third-order valence-corrected chi connectivity index (χ3v) is 6.82. The molecule has 1 N–H and O–H groups in total. The summed E-state index contributed by atoms with van der Waals surface area (Å²) in [5, 5.41) is 3.62. The van der Waals surface area contributed by atoms with E-state index in [9.17, 15) is 9.59 Å². The molecule has 0 radical (unpaired) electrons. The van der Waals surface area contributed by atoms with Crippen LogP contribution in [0.2, 0.25) is 10.0 Å². The summed E-state index contributed by atoms with van der Waals surface area (Å²) in [5.41, 5.74) is 2.76. The minimum atomic E-state index is -0.384. The van der Waals surface area contributed by atoms with Crippen molar-refractivity contribution >= 4 is 52.5 Å². The lowest BCUT2D eigenvalue weighted by atomic mass is 9.97. The fourth-order valence-electron chi connectivity index (χ4n) is 3.64. The summed E-state index contributed by atoms with van der Waals surface area (Å²) in [5.74, 6) is 2.26. The number of carbonyl (C=O) groups is 2. The second kappa shape index (κ2) is 12.4. The molecular formula is C26H27Cl2N3O2S. The van der Waals surface area contributed by atoms with Gasteiger partial charge in [0, 0.05) is 59.9 Å². The van der Waals surface area contributed by atoms with Gasteiger partial charge in [-0.2, -0.15) is 11.8 Å². The predicted molar refractivity (Wildman–Crippen MR) is 142 cm³/mol. The van der Waals surface area contributed by atoms with Gasteiger partial charge in [-0.3, -0.25) is 14.5 Å². The maximum Gasteiger partial charge on any atom is 0.257 e. The van der Waals surface area contributed by atoms with Crippen LogP contribution in [0.15, 0.2) is 60.8 Å². The van der Waals surface area contributed by atoms with Gasteiger partial charge in [-0.15, -0.1) is 0 Å². The Kier molecular flexibility index (Phi) is 9.54. The van der Waals surface area contributed by atoms with Crippen molar-refractivity contribution in [2.45, 2.75) is 20.4 Å². The number of benzene rings is 2. The summed E-state index contributed by atoms with van der Waals surface area (Å²) in [6.45, 7) is 3.09. The maximum absolute atomic E-state index is 13.0. The summed E-state index contributed by atoms with van der Waals surface area (Å²) >= 11 is 14.0. The average molecular weight is 516 g/mol. The van der Waals surface area contributed by atoms with Crippen molar-refractivity contribution in [3.63, 3.8) is 0 Å². The Morgan fingerprint density at radius 1 is 0.971 bits per heavy atom. The lowest BCUT2D eigenvalue weighted by Crippen LogP contribution is -2.31. The van der Waals surface area contributed by atoms with Gasteiger partial charge in [0.05, 0.1) is 5.02 Å². The van der Waals surface area contributed by atoms with E-state index in [1.54, 1.807) is 30.3 Å². The largest absolute Gasteiger partial charge is 0.307 e. The zero-order valence-electron chi connectivity index (χ0n) is 17.9. The monoisotopic (exact) mass is 515 g/mol. The molecule has 2 heterocycles. The van der Waals surface area contributed by atoms with Crippen LogP contribution in [0.5, 0.6) is 0 Å². The number of hydrogen-bond donors (Lipinski definition) is 1. The fraction of sp³-hybridized carbons (Fsp3) is 0.269. The number of nitrogens with zero attached hydrogens (tertiary/aromatic N) is 2. The number of rotatable bonds is 7. The van der Waals surface area contributed by atoms with E-state index in [1.807, 2.05) is 36.0 Å². The van der Waals surface area contributed by atoms with Crippen molar-refractivity contribution in [1.82, 2.24) is 9.88 Å². The first-order chi connectivity index (χ1) is 16.0. The normalized spacial score (nSPS) is 13.7. The van der Waals surface area contributed by atoms with Crippen molar-refractivity contribution in [3.8, 4) is 0 Å². The van der Waals surface area contributed by atoms with Crippen LogP contribution in [0.25, 0.3) is 0 Å².